The quantitative estimate of drug-likeness (QED) is 0.314. The SMILES string of the molecule is FC1(F)CCN(Cc2cncc(-c3cc4c(-c5nc6c(-c7cccs7)nccc6[nH]5)n[nH]c4cn3)c2)C1. The first-order valence-corrected chi connectivity index (χ1v) is 12.7. The third kappa shape index (κ3) is 4.05. The standard InChI is InChI=1S/C26H20F2N8S/c27-26(28)4-6-36(14-26)13-15-8-16(11-29-10-15)19-9-17-20(12-31-19)34-35-22(17)25-32-18-3-5-30-24(23(18)33-25)21-2-1-7-37-21/h1-3,5,7-12H,4,6,13-14H2,(H,32,33)(H,34,35). The van der Waals surface area contributed by atoms with Crippen LogP contribution in [-0.2, 0) is 6.54 Å². The fraction of sp³-hybridized carbons (Fsp3) is 0.192. The summed E-state index contributed by atoms with van der Waals surface area (Å²) in [5.74, 6) is -1.99. The highest BCUT2D eigenvalue weighted by Gasteiger charge is 2.37. The number of thiophene rings is 1. The van der Waals surface area contributed by atoms with Crippen LogP contribution in [0.2, 0.25) is 0 Å². The van der Waals surface area contributed by atoms with E-state index in [1.165, 1.54) is 0 Å². The molecule has 0 aromatic carbocycles. The summed E-state index contributed by atoms with van der Waals surface area (Å²) in [6.07, 6.45) is 6.85. The van der Waals surface area contributed by atoms with Crippen molar-refractivity contribution in [3.05, 3.63) is 66.1 Å². The second-order valence-corrected chi connectivity index (χ2v) is 10.2. The molecule has 0 saturated carbocycles. The van der Waals surface area contributed by atoms with Gasteiger partial charge in [0, 0.05) is 49.1 Å². The van der Waals surface area contributed by atoms with Gasteiger partial charge in [-0.05, 0) is 35.2 Å². The minimum absolute atomic E-state index is 0.103. The molecule has 184 valence electrons. The summed E-state index contributed by atoms with van der Waals surface area (Å²) < 4.78 is 27.2. The van der Waals surface area contributed by atoms with Crippen molar-refractivity contribution in [2.45, 2.75) is 18.9 Å². The molecule has 11 heteroatoms. The van der Waals surface area contributed by atoms with E-state index in [0.29, 0.717) is 30.3 Å². The van der Waals surface area contributed by atoms with Crippen LogP contribution in [0, 0.1) is 0 Å². The van der Waals surface area contributed by atoms with Gasteiger partial charge in [-0.1, -0.05) is 6.07 Å². The normalized spacial score (nSPS) is 15.7. The number of alkyl halides is 2. The number of nitrogens with one attached hydrogen (secondary N) is 2. The van der Waals surface area contributed by atoms with Gasteiger partial charge in [0.1, 0.15) is 16.9 Å². The molecule has 1 aliphatic rings. The fourth-order valence-electron chi connectivity index (χ4n) is 4.81. The number of likely N-dealkylation sites (tertiary alicyclic amines) is 1. The molecule has 7 rings (SSSR count). The molecule has 6 aromatic heterocycles. The van der Waals surface area contributed by atoms with Gasteiger partial charge in [0.05, 0.1) is 34.3 Å². The lowest BCUT2D eigenvalue weighted by atomic mass is 10.1. The zero-order valence-electron chi connectivity index (χ0n) is 19.4. The van der Waals surface area contributed by atoms with Gasteiger partial charge < -0.3 is 4.98 Å². The molecule has 1 saturated heterocycles. The molecule has 0 unspecified atom stereocenters. The van der Waals surface area contributed by atoms with E-state index in [0.717, 1.165) is 43.6 Å². The van der Waals surface area contributed by atoms with Gasteiger partial charge in [0.2, 0.25) is 0 Å². The van der Waals surface area contributed by atoms with Crippen molar-refractivity contribution in [3.63, 3.8) is 0 Å². The van der Waals surface area contributed by atoms with Crippen molar-refractivity contribution in [1.82, 2.24) is 40.0 Å². The van der Waals surface area contributed by atoms with Crippen molar-refractivity contribution >= 4 is 33.3 Å². The Morgan fingerprint density at radius 3 is 2.84 bits per heavy atom. The summed E-state index contributed by atoms with van der Waals surface area (Å²) >= 11 is 1.62. The van der Waals surface area contributed by atoms with E-state index >= 15 is 0 Å². The van der Waals surface area contributed by atoms with E-state index < -0.39 is 5.92 Å². The number of hydrogen-bond donors (Lipinski definition) is 2. The molecule has 0 atom stereocenters. The van der Waals surface area contributed by atoms with E-state index in [4.69, 9.17) is 4.98 Å². The number of fused-ring (bicyclic) bond motifs is 2. The van der Waals surface area contributed by atoms with Gasteiger partial charge in [-0.3, -0.25) is 25.0 Å². The third-order valence-corrected chi connectivity index (χ3v) is 7.45. The van der Waals surface area contributed by atoms with E-state index in [-0.39, 0.29) is 13.0 Å². The van der Waals surface area contributed by atoms with Gasteiger partial charge in [-0.15, -0.1) is 11.3 Å². The van der Waals surface area contributed by atoms with Crippen molar-refractivity contribution in [1.29, 1.82) is 0 Å². The second-order valence-electron chi connectivity index (χ2n) is 9.20. The molecular weight excluding hydrogens is 494 g/mol. The van der Waals surface area contributed by atoms with E-state index in [1.54, 1.807) is 41.0 Å². The number of aromatic amines is 2. The van der Waals surface area contributed by atoms with Crippen LogP contribution >= 0.6 is 11.3 Å². The Bertz CT molecular complexity index is 1740. The molecule has 6 aromatic rings. The number of aromatic nitrogens is 7. The van der Waals surface area contributed by atoms with E-state index in [2.05, 4.69) is 30.1 Å². The summed E-state index contributed by atoms with van der Waals surface area (Å²) in [5, 5.41) is 10.4. The van der Waals surface area contributed by atoms with Crippen LogP contribution in [0.5, 0.6) is 0 Å². The Balaban J connectivity index is 1.24. The van der Waals surface area contributed by atoms with Gasteiger partial charge in [0.25, 0.3) is 5.92 Å². The number of rotatable bonds is 5. The molecule has 7 heterocycles. The Morgan fingerprint density at radius 2 is 2.00 bits per heavy atom. The molecule has 1 fully saturated rings. The zero-order chi connectivity index (χ0) is 25.0. The first-order valence-electron chi connectivity index (χ1n) is 11.8. The number of nitrogens with zero attached hydrogens (tertiary/aromatic N) is 6. The largest absolute Gasteiger partial charge is 0.336 e. The highest BCUT2D eigenvalue weighted by atomic mass is 32.1. The summed E-state index contributed by atoms with van der Waals surface area (Å²) in [6, 6.07) is 9.83. The van der Waals surface area contributed by atoms with E-state index in [1.807, 2.05) is 35.7 Å². The Labute approximate surface area is 213 Å². The molecule has 0 aliphatic carbocycles. The second kappa shape index (κ2) is 8.49. The van der Waals surface area contributed by atoms with E-state index in [9.17, 15) is 8.78 Å². The van der Waals surface area contributed by atoms with Crippen LogP contribution in [0.25, 0.3) is 55.3 Å². The molecule has 1 aliphatic heterocycles. The van der Waals surface area contributed by atoms with Gasteiger partial charge >= 0.3 is 0 Å². The first kappa shape index (κ1) is 22.1. The van der Waals surface area contributed by atoms with Gasteiger partial charge in [0.15, 0.2) is 5.82 Å². The molecule has 37 heavy (non-hydrogen) atoms. The molecule has 0 spiro atoms. The smallest absolute Gasteiger partial charge is 0.261 e. The fourth-order valence-corrected chi connectivity index (χ4v) is 5.53. The average Bonchev–Trinajstić information content (AvgIpc) is 3.69. The summed E-state index contributed by atoms with van der Waals surface area (Å²) in [4.78, 5) is 24.5. The van der Waals surface area contributed by atoms with Crippen molar-refractivity contribution in [3.8, 4) is 33.3 Å². The number of H-pyrrole nitrogens is 2. The number of pyridine rings is 3. The maximum atomic E-state index is 13.6. The number of hydrogen-bond acceptors (Lipinski definition) is 7. The lowest BCUT2D eigenvalue weighted by Crippen LogP contribution is -2.24. The molecule has 8 nitrogen and oxygen atoms in total. The predicted molar refractivity (Wildman–Crippen MR) is 138 cm³/mol. The average molecular weight is 515 g/mol. The van der Waals surface area contributed by atoms with Gasteiger partial charge in [-0.25, -0.2) is 13.8 Å². The Hall–Kier alpha value is -4.09. The van der Waals surface area contributed by atoms with Gasteiger partial charge in [-0.2, -0.15) is 5.10 Å². The monoisotopic (exact) mass is 514 g/mol. The zero-order valence-corrected chi connectivity index (χ0v) is 20.3. The summed E-state index contributed by atoms with van der Waals surface area (Å²) in [6.45, 7) is 0.581. The molecule has 0 bridgehead atoms. The lowest BCUT2D eigenvalue weighted by Gasteiger charge is -2.15. The van der Waals surface area contributed by atoms with Crippen LogP contribution in [0.1, 0.15) is 12.0 Å². The minimum atomic E-state index is -2.62. The first-order chi connectivity index (χ1) is 18.0. The van der Waals surface area contributed by atoms with Crippen LogP contribution in [0.3, 0.4) is 0 Å². The molecule has 0 amide bonds. The van der Waals surface area contributed by atoms with Crippen molar-refractivity contribution in [2.24, 2.45) is 0 Å². The van der Waals surface area contributed by atoms with Crippen molar-refractivity contribution in [2.75, 3.05) is 13.1 Å². The molecule has 2 N–H and O–H groups in total. The topological polar surface area (TPSA) is 99.3 Å². The number of imidazole rings is 1. The van der Waals surface area contributed by atoms with Crippen molar-refractivity contribution < 1.29 is 8.78 Å². The summed E-state index contributed by atoms with van der Waals surface area (Å²) in [5.41, 5.74) is 6.35. The molecular formula is C26H20F2N8S. The maximum absolute atomic E-state index is 13.6. The summed E-state index contributed by atoms with van der Waals surface area (Å²) in [7, 11) is 0. The Kier molecular flexibility index (Phi) is 5.08. The minimum Gasteiger partial charge on any atom is -0.336 e. The van der Waals surface area contributed by atoms with Crippen LogP contribution in [0.15, 0.2) is 60.5 Å². The third-order valence-electron chi connectivity index (χ3n) is 6.57. The number of halogens is 2. The highest BCUT2D eigenvalue weighted by molar-refractivity contribution is 7.13. The van der Waals surface area contributed by atoms with Crippen LogP contribution in [-0.4, -0.2) is 59.0 Å². The predicted octanol–water partition coefficient (Wildman–Crippen LogP) is 5.53. The van der Waals surface area contributed by atoms with Crippen LogP contribution in [0.4, 0.5) is 8.78 Å². The maximum Gasteiger partial charge on any atom is 0.261 e. The highest BCUT2D eigenvalue weighted by Crippen LogP contribution is 2.33. The molecule has 0 radical (unpaired) electrons. The lowest BCUT2D eigenvalue weighted by molar-refractivity contribution is 0.0115. The Morgan fingerprint density at radius 1 is 1.05 bits per heavy atom. The van der Waals surface area contributed by atoms with Crippen LogP contribution < -0.4 is 0 Å².